The van der Waals surface area contributed by atoms with Crippen molar-refractivity contribution in [1.29, 1.82) is 0 Å². The third-order valence-corrected chi connectivity index (χ3v) is 4.43. The molecule has 1 aromatic carbocycles. The smallest absolute Gasteiger partial charge is 0.227 e. The summed E-state index contributed by atoms with van der Waals surface area (Å²) in [6.45, 7) is 7.34. The number of fused-ring (bicyclic) bond motifs is 3. The molecule has 0 spiro atoms. The van der Waals surface area contributed by atoms with Crippen molar-refractivity contribution in [2.24, 2.45) is 0 Å². The number of hydrogen-bond donors (Lipinski definition) is 0. The van der Waals surface area contributed by atoms with Gasteiger partial charge in [0.25, 0.3) is 0 Å². The van der Waals surface area contributed by atoms with Crippen molar-refractivity contribution in [3.05, 3.63) is 48.4 Å². The monoisotopic (exact) mass is 293 g/mol. The van der Waals surface area contributed by atoms with Crippen LogP contribution in [-0.4, -0.2) is 22.6 Å². The molecule has 22 heavy (non-hydrogen) atoms. The van der Waals surface area contributed by atoms with E-state index >= 15 is 0 Å². The van der Waals surface area contributed by atoms with E-state index in [1.165, 1.54) is 0 Å². The standard InChI is InChI=1S/C18H19N3O/c1-4-20-10-11-21(13(20)3)16-7-5-6-14-15-9-8-12(2)19-18(15)22-17(14)16/h5-11,13H,4H2,1-3H3/t13-/m0/s1. The van der Waals surface area contributed by atoms with Gasteiger partial charge in [-0.3, -0.25) is 0 Å². The molecule has 0 radical (unpaired) electrons. The van der Waals surface area contributed by atoms with Gasteiger partial charge in [0.1, 0.15) is 6.17 Å². The van der Waals surface area contributed by atoms with E-state index in [1.807, 2.05) is 13.0 Å². The number of rotatable bonds is 2. The van der Waals surface area contributed by atoms with Crippen LogP contribution in [0.4, 0.5) is 5.69 Å². The molecule has 0 unspecified atom stereocenters. The first-order chi connectivity index (χ1) is 10.7. The van der Waals surface area contributed by atoms with Crippen LogP contribution in [-0.2, 0) is 0 Å². The first kappa shape index (κ1) is 13.2. The van der Waals surface area contributed by atoms with E-state index in [0.717, 1.165) is 34.3 Å². The summed E-state index contributed by atoms with van der Waals surface area (Å²) in [6, 6.07) is 10.4. The quantitative estimate of drug-likeness (QED) is 0.707. The average molecular weight is 293 g/mol. The van der Waals surface area contributed by atoms with Crippen molar-refractivity contribution in [2.45, 2.75) is 26.9 Å². The number of anilines is 1. The Morgan fingerprint density at radius 2 is 2.00 bits per heavy atom. The van der Waals surface area contributed by atoms with Crippen LogP contribution in [0.2, 0.25) is 0 Å². The molecule has 112 valence electrons. The second-order valence-electron chi connectivity index (χ2n) is 5.73. The Kier molecular flexibility index (Phi) is 2.86. The Labute approximate surface area is 129 Å². The van der Waals surface area contributed by atoms with Gasteiger partial charge in [0, 0.05) is 35.4 Å². The van der Waals surface area contributed by atoms with E-state index in [1.54, 1.807) is 0 Å². The zero-order valence-corrected chi connectivity index (χ0v) is 13.1. The molecular weight excluding hydrogens is 274 g/mol. The van der Waals surface area contributed by atoms with Gasteiger partial charge in [0.05, 0.1) is 5.69 Å². The molecule has 0 aliphatic carbocycles. The molecule has 1 aliphatic heterocycles. The number of nitrogens with zero attached hydrogens (tertiary/aromatic N) is 3. The highest BCUT2D eigenvalue weighted by Crippen LogP contribution is 2.36. The number of pyridine rings is 1. The minimum Gasteiger partial charge on any atom is -0.435 e. The highest BCUT2D eigenvalue weighted by atomic mass is 16.3. The summed E-state index contributed by atoms with van der Waals surface area (Å²) in [4.78, 5) is 9.06. The van der Waals surface area contributed by atoms with Crippen molar-refractivity contribution in [2.75, 3.05) is 11.4 Å². The van der Waals surface area contributed by atoms with Crippen LogP contribution >= 0.6 is 0 Å². The van der Waals surface area contributed by atoms with E-state index in [0.29, 0.717) is 11.9 Å². The molecular formula is C18H19N3O. The summed E-state index contributed by atoms with van der Waals surface area (Å²) in [6.07, 6.45) is 4.54. The summed E-state index contributed by atoms with van der Waals surface area (Å²) in [5, 5.41) is 2.20. The van der Waals surface area contributed by atoms with Gasteiger partial charge < -0.3 is 14.2 Å². The first-order valence-corrected chi connectivity index (χ1v) is 7.70. The number of hydrogen-bond acceptors (Lipinski definition) is 4. The molecule has 2 aromatic heterocycles. The number of benzene rings is 1. The number of aryl methyl sites for hydroxylation is 1. The Hall–Kier alpha value is -2.49. The van der Waals surface area contributed by atoms with Crippen LogP contribution in [0, 0.1) is 6.92 Å². The predicted molar refractivity (Wildman–Crippen MR) is 89.7 cm³/mol. The normalized spacial score (nSPS) is 18.0. The fourth-order valence-electron chi connectivity index (χ4n) is 3.18. The van der Waals surface area contributed by atoms with Crippen molar-refractivity contribution < 1.29 is 4.42 Å². The summed E-state index contributed by atoms with van der Waals surface area (Å²) in [7, 11) is 0. The fraction of sp³-hybridized carbons (Fsp3) is 0.278. The van der Waals surface area contributed by atoms with Gasteiger partial charge in [0.15, 0.2) is 5.58 Å². The lowest BCUT2D eigenvalue weighted by Crippen LogP contribution is -2.35. The molecule has 0 saturated carbocycles. The Balaban J connectivity index is 1.92. The molecule has 1 atom stereocenters. The highest BCUT2D eigenvalue weighted by Gasteiger charge is 2.25. The van der Waals surface area contributed by atoms with Gasteiger partial charge in [-0.2, -0.15) is 0 Å². The second kappa shape index (κ2) is 4.77. The lowest BCUT2D eigenvalue weighted by molar-refractivity contribution is 0.335. The lowest BCUT2D eigenvalue weighted by Gasteiger charge is -2.28. The molecule has 0 saturated heterocycles. The summed E-state index contributed by atoms with van der Waals surface area (Å²) in [5.41, 5.74) is 3.68. The Morgan fingerprint density at radius 3 is 2.77 bits per heavy atom. The van der Waals surface area contributed by atoms with Crippen molar-refractivity contribution in [3.63, 3.8) is 0 Å². The number of furan rings is 1. The van der Waals surface area contributed by atoms with Crippen LogP contribution in [0.3, 0.4) is 0 Å². The first-order valence-electron chi connectivity index (χ1n) is 7.70. The fourth-order valence-corrected chi connectivity index (χ4v) is 3.18. The van der Waals surface area contributed by atoms with Crippen LogP contribution in [0.25, 0.3) is 22.1 Å². The predicted octanol–water partition coefficient (Wildman–Crippen LogP) is 4.25. The number of aromatic nitrogens is 1. The second-order valence-corrected chi connectivity index (χ2v) is 5.73. The van der Waals surface area contributed by atoms with Crippen LogP contribution in [0.1, 0.15) is 19.5 Å². The van der Waals surface area contributed by atoms with E-state index in [-0.39, 0.29) is 0 Å². The average Bonchev–Trinajstić information content (AvgIpc) is 3.06. The maximum absolute atomic E-state index is 6.09. The van der Waals surface area contributed by atoms with Gasteiger partial charge >= 0.3 is 0 Å². The maximum Gasteiger partial charge on any atom is 0.227 e. The minimum absolute atomic E-state index is 0.290. The molecule has 3 aromatic rings. The van der Waals surface area contributed by atoms with Crippen molar-refractivity contribution in [1.82, 2.24) is 9.88 Å². The molecule has 0 N–H and O–H groups in total. The zero-order valence-electron chi connectivity index (χ0n) is 13.1. The largest absolute Gasteiger partial charge is 0.435 e. The third kappa shape index (κ3) is 1.80. The van der Waals surface area contributed by atoms with Crippen LogP contribution in [0.5, 0.6) is 0 Å². The minimum atomic E-state index is 0.290. The van der Waals surface area contributed by atoms with Crippen LogP contribution in [0.15, 0.2) is 47.1 Å². The topological polar surface area (TPSA) is 32.5 Å². The molecule has 4 heteroatoms. The van der Waals surface area contributed by atoms with Gasteiger partial charge in [-0.15, -0.1) is 0 Å². The third-order valence-electron chi connectivity index (χ3n) is 4.43. The molecule has 0 amide bonds. The summed E-state index contributed by atoms with van der Waals surface area (Å²) < 4.78 is 6.09. The van der Waals surface area contributed by atoms with E-state index in [2.05, 4.69) is 65.3 Å². The Bertz CT molecular complexity index is 881. The lowest BCUT2D eigenvalue weighted by atomic mass is 10.1. The van der Waals surface area contributed by atoms with Gasteiger partial charge in [-0.05, 0) is 39.0 Å². The van der Waals surface area contributed by atoms with Gasteiger partial charge in [-0.25, -0.2) is 4.98 Å². The summed E-state index contributed by atoms with van der Waals surface area (Å²) >= 11 is 0. The van der Waals surface area contributed by atoms with E-state index < -0.39 is 0 Å². The molecule has 4 nitrogen and oxygen atoms in total. The van der Waals surface area contributed by atoms with E-state index in [9.17, 15) is 0 Å². The summed E-state index contributed by atoms with van der Waals surface area (Å²) in [5.74, 6) is 0. The zero-order chi connectivity index (χ0) is 15.3. The molecule has 3 heterocycles. The number of para-hydroxylation sites is 1. The Morgan fingerprint density at radius 1 is 1.14 bits per heavy atom. The maximum atomic E-state index is 6.09. The van der Waals surface area contributed by atoms with Crippen LogP contribution < -0.4 is 4.90 Å². The van der Waals surface area contributed by atoms with E-state index in [4.69, 9.17) is 4.42 Å². The van der Waals surface area contributed by atoms with Crippen molar-refractivity contribution in [3.8, 4) is 0 Å². The van der Waals surface area contributed by atoms with Crippen molar-refractivity contribution >= 4 is 27.8 Å². The molecule has 0 bridgehead atoms. The highest BCUT2D eigenvalue weighted by molar-refractivity contribution is 6.08. The molecule has 1 aliphatic rings. The van der Waals surface area contributed by atoms with Gasteiger partial charge in [-0.1, -0.05) is 12.1 Å². The molecule has 4 rings (SSSR count). The molecule has 0 fully saturated rings. The van der Waals surface area contributed by atoms with Gasteiger partial charge in [0.2, 0.25) is 5.71 Å². The SMILES string of the molecule is CCN1C=CN(c2cccc3c2oc2nc(C)ccc23)[C@H]1C.